The van der Waals surface area contributed by atoms with Crippen molar-refractivity contribution in [3.8, 4) is 0 Å². The van der Waals surface area contributed by atoms with Crippen LogP contribution in [0.5, 0.6) is 0 Å². The first-order valence-corrected chi connectivity index (χ1v) is 8.38. The van der Waals surface area contributed by atoms with Gasteiger partial charge in [0.15, 0.2) is 0 Å². The van der Waals surface area contributed by atoms with E-state index in [9.17, 15) is 13.6 Å². The van der Waals surface area contributed by atoms with Gasteiger partial charge in [0.2, 0.25) is 11.8 Å². The number of ether oxygens (including phenoxy) is 1. The number of nitrogens with zero attached hydrogens (tertiary/aromatic N) is 2. The topological polar surface area (TPSA) is 32.8 Å². The number of halogens is 2. The summed E-state index contributed by atoms with van der Waals surface area (Å²) < 4.78 is 31.9. The monoisotopic (exact) mass is 316 g/mol. The lowest BCUT2D eigenvalue weighted by atomic mass is 9.79. The summed E-state index contributed by atoms with van der Waals surface area (Å²) in [5.74, 6) is -2.77. The molecule has 4 nitrogen and oxygen atoms in total. The number of hydrogen-bond donors (Lipinski definition) is 0. The van der Waals surface area contributed by atoms with Gasteiger partial charge < -0.3 is 9.64 Å². The summed E-state index contributed by atoms with van der Waals surface area (Å²) in [6, 6.07) is 0.499. The summed E-state index contributed by atoms with van der Waals surface area (Å²) in [5, 5.41) is 0. The summed E-state index contributed by atoms with van der Waals surface area (Å²) in [5.41, 5.74) is 0. The number of rotatable bonds is 2. The largest absolute Gasteiger partial charge is 0.375 e. The van der Waals surface area contributed by atoms with Crippen LogP contribution < -0.4 is 0 Å². The molecule has 2 aliphatic heterocycles. The molecule has 2 atom stereocenters. The van der Waals surface area contributed by atoms with Crippen LogP contribution in [-0.2, 0) is 9.53 Å². The summed E-state index contributed by atoms with van der Waals surface area (Å²) in [4.78, 5) is 16.5. The maximum Gasteiger partial charge on any atom is 0.249 e. The molecule has 6 heteroatoms. The second-order valence-electron chi connectivity index (χ2n) is 7.29. The molecule has 0 aromatic carbocycles. The predicted octanol–water partition coefficient (Wildman–Crippen LogP) is 1.99. The first-order valence-electron chi connectivity index (χ1n) is 8.38. The highest BCUT2D eigenvalue weighted by atomic mass is 19.3. The average molecular weight is 316 g/mol. The van der Waals surface area contributed by atoms with Crippen LogP contribution in [0.4, 0.5) is 8.78 Å². The van der Waals surface area contributed by atoms with Crippen LogP contribution in [-0.4, -0.2) is 66.6 Å². The Hall–Kier alpha value is -0.750. The molecule has 0 aromatic heterocycles. The minimum absolute atomic E-state index is 0.0574. The Morgan fingerprint density at radius 3 is 2.59 bits per heavy atom. The second kappa shape index (κ2) is 6.04. The van der Waals surface area contributed by atoms with Crippen molar-refractivity contribution in [2.45, 2.75) is 51.2 Å². The lowest BCUT2D eigenvalue weighted by Gasteiger charge is -2.42. The lowest BCUT2D eigenvalue weighted by molar-refractivity contribution is -0.164. The molecule has 2 unspecified atom stereocenters. The Morgan fingerprint density at radius 1 is 1.23 bits per heavy atom. The van der Waals surface area contributed by atoms with Crippen LogP contribution in [0, 0.1) is 11.8 Å². The van der Waals surface area contributed by atoms with Crippen LogP contribution in [0.1, 0.15) is 33.1 Å². The molecule has 1 amide bonds. The highest BCUT2D eigenvalue weighted by Gasteiger charge is 2.50. The third kappa shape index (κ3) is 3.27. The summed E-state index contributed by atoms with van der Waals surface area (Å²) in [6.07, 6.45) is 0.404. The van der Waals surface area contributed by atoms with Crippen LogP contribution in [0.25, 0.3) is 0 Å². The van der Waals surface area contributed by atoms with Gasteiger partial charge in [0.05, 0.1) is 12.7 Å². The molecule has 1 saturated carbocycles. The summed E-state index contributed by atoms with van der Waals surface area (Å²) in [7, 11) is 0. The Labute approximate surface area is 130 Å². The molecule has 1 aliphatic carbocycles. The standard InChI is InChI=1S/C16H26F2N2O2/c1-11(2)19-5-6-22-14-10-20(4-3-12(14)9-19)15(21)13-7-16(17,18)8-13/h11-14H,3-10H2,1-2H3. The molecule has 3 aliphatic rings. The normalized spacial score (nSPS) is 33.2. The highest BCUT2D eigenvalue weighted by Crippen LogP contribution is 2.43. The highest BCUT2D eigenvalue weighted by molar-refractivity contribution is 5.80. The zero-order valence-corrected chi connectivity index (χ0v) is 13.4. The molecule has 3 rings (SSSR count). The average Bonchev–Trinajstić information content (AvgIpc) is 2.65. The quantitative estimate of drug-likeness (QED) is 0.781. The fourth-order valence-corrected chi connectivity index (χ4v) is 3.84. The van der Waals surface area contributed by atoms with Gasteiger partial charge in [-0.25, -0.2) is 8.78 Å². The van der Waals surface area contributed by atoms with Crippen molar-refractivity contribution >= 4 is 5.91 Å². The van der Waals surface area contributed by atoms with Gasteiger partial charge in [0.1, 0.15) is 0 Å². The van der Waals surface area contributed by atoms with Gasteiger partial charge in [-0.3, -0.25) is 9.69 Å². The molecule has 3 fully saturated rings. The number of amides is 1. The third-order valence-electron chi connectivity index (χ3n) is 5.36. The first kappa shape index (κ1) is 16.1. The molecule has 22 heavy (non-hydrogen) atoms. The lowest BCUT2D eigenvalue weighted by Crippen LogP contribution is -2.53. The number of carbonyl (C=O) groups excluding carboxylic acids is 1. The smallest absolute Gasteiger partial charge is 0.249 e. The summed E-state index contributed by atoms with van der Waals surface area (Å²) in [6.45, 7) is 8.24. The molecular formula is C16H26F2N2O2. The van der Waals surface area contributed by atoms with Crippen molar-refractivity contribution in [1.82, 2.24) is 9.80 Å². The van der Waals surface area contributed by atoms with Gasteiger partial charge in [-0.2, -0.15) is 0 Å². The fourth-order valence-electron chi connectivity index (χ4n) is 3.84. The van der Waals surface area contributed by atoms with Crippen molar-refractivity contribution in [2.24, 2.45) is 11.8 Å². The van der Waals surface area contributed by atoms with Gasteiger partial charge in [-0.15, -0.1) is 0 Å². The van der Waals surface area contributed by atoms with Gasteiger partial charge in [0.25, 0.3) is 0 Å². The van der Waals surface area contributed by atoms with E-state index in [0.29, 0.717) is 31.7 Å². The van der Waals surface area contributed by atoms with E-state index in [-0.39, 0.29) is 24.9 Å². The van der Waals surface area contributed by atoms with Crippen molar-refractivity contribution in [3.63, 3.8) is 0 Å². The zero-order chi connectivity index (χ0) is 15.9. The van der Waals surface area contributed by atoms with Crippen molar-refractivity contribution in [2.75, 3.05) is 32.8 Å². The molecule has 0 aromatic rings. The molecular weight excluding hydrogens is 290 g/mol. The van der Waals surface area contributed by atoms with Crippen molar-refractivity contribution < 1.29 is 18.3 Å². The second-order valence-corrected chi connectivity index (χ2v) is 7.29. The van der Waals surface area contributed by atoms with Crippen LogP contribution >= 0.6 is 0 Å². The molecule has 2 saturated heterocycles. The molecule has 0 N–H and O–H groups in total. The molecule has 2 heterocycles. The van der Waals surface area contributed by atoms with E-state index in [2.05, 4.69) is 18.7 Å². The van der Waals surface area contributed by atoms with Gasteiger partial charge >= 0.3 is 0 Å². The van der Waals surface area contributed by atoms with Crippen molar-refractivity contribution in [1.29, 1.82) is 0 Å². The van der Waals surface area contributed by atoms with E-state index >= 15 is 0 Å². The Balaban J connectivity index is 1.56. The van der Waals surface area contributed by atoms with Crippen LogP contribution in [0.2, 0.25) is 0 Å². The fraction of sp³-hybridized carbons (Fsp3) is 0.938. The number of piperidine rings is 1. The van der Waals surface area contributed by atoms with E-state index in [0.717, 1.165) is 19.5 Å². The van der Waals surface area contributed by atoms with Gasteiger partial charge in [-0.1, -0.05) is 0 Å². The molecule has 0 spiro atoms. The number of fused-ring (bicyclic) bond motifs is 1. The molecule has 0 bridgehead atoms. The van der Waals surface area contributed by atoms with Crippen molar-refractivity contribution in [3.05, 3.63) is 0 Å². The number of alkyl halides is 2. The SMILES string of the molecule is CC(C)N1CCOC2CN(C(=O)C3CC(F)(F)C3)CCC2C1. The van der Waals surface area contributed by atoms with E-state index in [4.69, 9.17) is 4.74 Å². The first-order chi connectivity index (χ1) is 10.4. The van der Waals surface area contributed by atoms with E-state index in [1.807, 2.05) is 0 Å². The number of hydrogen-bond acceptors (Lipinski definition) is 3. The Morgan fingerprint density at radius 2 is 1.95 bits per heavy atom. The summed E-state index contributed by atoms with van der Waals surface area (Å²) >= 11 is 0. The maximum absolute atomic E-state index is 13.0. The predicted molar refractivity (Wildman–Crippen MR) is 78.8 cm³/mol. The molecule has 0 radical (unpaired) electrons. The van der Waals surface area contributed by atoms with Crippen LogP contribution in [0.15, 0.2) is 0 Å². The third-order valence-corrected chi connectivity index (χ3v) is 5.36. The van der Waals surface area contributed by atoms with Gasteiger partial charge in [0, 0.05) is 56.9 Å². The van der Waals surface area contributed by atoms with Gasteiger partial charge in [-0.05, 0) is 20.3 Å². The number of carbonyl (C=O) groups is 1. The molecule has 126 valence electrons. The van der Waals surface area contributed by atoms with E-state index in [1.165, 1.54) is 0 Å². The van der Waals surface area contributed by atoms with E-state index < -0.39 is 11.8 Å². The number of likely N-dealkylation sites (tertiary alicyclic amines) is 1. The van der Waals surface area contributed by atoms with Crippen LogP contribution in [0.3, 0.4) is 0 Å². The minimum atomic E-state index is -2.63. The maximum atomic E-state index is 13.0. The Kier molecular flexibility index (Phi) is 4.42. The zero-order valence-electron chi connectivity index (χ0n) is 13.4. The Bertz CT molecular complexity index is 422. The minimum Gasteiger partial charge on any atom is -0.375 e. The van der Waals surface area contributed by atoms with E-state index in [1.54, 1.807) is 4.90 Å².